The van der Waals surface area contributed by atoms with Crippen LogP contribution in [0.15, 0.2) is 12.4 Å². The van der Waals surface area contributed by atoms with Gasteiger partial charge < -0.3 is 10.6 Å². The van der Waals surface area contributed by atoms with Crippen molar-refractivity contribution in [2.75, 3.05) is 11.9 Å². The number of nitrogens with two attached hydrogens (primary N) is 1. The van der Waals surface area contributed by atoms with E-state index >= 15 is 0 Å². The van der Waals surface area contributed by atoms with Crippen LogP contribution >= 0.6 is 0 Å². The molecule has 0 aromatic carbocycles. The molecule has 0 amide bonds. The van der Waals surface area contributed by atoms with Crippen molar-refractivity contribution in [3.63, 3.8) is 0 Å². The second kappa shape index (κ2) is 3.49. The zero-order valence-corrected chi connectivity index (χ0v) is 8.02. The van der Waals surface area contributed by atoms with Crippen molar-refractivity contribution in [1.29, 1.82) is 0 Å². The Morgan fingerprint density at radius 1 is 1.43 bits per heavy atom. The predicted molar refractivity (Wildman–Crippen MR) is 51.4 cm³/mol. The number of rotatable bonds is 2. The molecule has 2 rings (SSSR count). The average Bonchev–Trinajstić information content (AvgIpc) is 2.13. The molecule has 2 N–H and O–H groups in total. The number of hydrogen-bond acceptors (Lipinski definition) is 4. The third-order valence-corrected chi connectivity index (χ3v) is 2.62. The summed E-state index contributed by atoms with van der Waals surface area (Å²) in [6.45, 7) is 0. The molecule has 0 bridgehead atoms. The molecule has 1 saturated carbocycles. The zero-order chi connectivity index (χ0) is 10.1. The highest BCUT2D eigenvalue weighted by atomic mass is 19.1. The van der Waals surface area contributed by atoms with Crippen LogP contribution in [0.3, 0.4) is 0 Å². The van der Waals surface area contributed by atoms with Crippen molar-refractivity contribution >= 4 is 5.95 Å². The number of nitrogens with zero attached hydrogens (tertiary/aromatic N) is 3. The topological polar surface area (TPSA) is 55.0 Å². The van der Waals surface area contributed by atoms with E-state index in [1.807, 2.05) is 11.9 Å². The Labute approximate surface area is 82.0 Å². The number of aromatic nitrogens is 2. The van der Waals surface area contributed by atoms with Gasteiger partial charge in [0.1, 0.15) is 0 Å². The van der Waals surface area contributed by atoms with E-state index < -0.39 is 5.82 Å². The van der Waals surface area contributed by atoms with Crippen LogP contribution in [0.25, 0.3) is 0 Å². The van der Waals surface area contributed by atoms with Gasteiger partial charge in [0, 0.05) is 19.1 Å². The minimum absolute atomic E-state index is 0.294. The Kier molecular flexibility index (Phi) is 2.33. The SMILES string of the molecule is CN(c1ncc(F)cn1)C1CC(N)C1. The molecule has 4 nitrogen and oxygen atoms in total. The molecule has 5 heteroatoms. The Balaban J connectivity index is 2.04. The van der Waals surface area contributed by atoms with E-state index in [1.54, 1.807) is 0 Å². The van der Waals surface area contributed by atoms with Gasteiger partial charge in [-0.15, -0.1) is 0 Å². The lowest BCUT2D eigenvalue weighted by Crippen LogP contribution is -2.49. The van der Waals surface area contributed by atoms with Gasteiger partial charge in [0.2, 0.25) is 5.95 Å². The summed E-state index contributed by atoms with van der Waals surface area (Å²) in [7, 11) is 1.91. The summed E-state index contributed by atoms with van der Waals surface area (Å²) >= 11 is 0. The molecule has 76 valence electrons. The van der Waals surface area contributed by atoms with Crippen molar-refractivity contribution in [1.82, 2.24) is 9.97 Å². The lowest BCUT2D eigenvalue weighted by atomic mass is 9.87. The van der Waals surface area contributed by atoms with E-state index in [9.17, 15) is 4.39 Å². The van der Waals surface area contributed by atoms with Crippen LogP contribution in [0.1, 0.15) is 12.8 Å². The maximum Gasteiger partial charge on any atom is 0.225 e. The molecule has 1 fully saturated rings. The van der Waals surface area contributed by atoms with Gasteiger partial charge in [0.15, 0.2) is 5.82 Å². The van der Waals surface area contributed by atoms with Crippen LogP contribution in [-0.2, 0) is 0 Å². The maximum atomic E-state index is 12.5. The highest BCUT2D eigenvalue weighted by Gasteiger charge is 2.30. The van der Waals surface area contributed by atoms with Crippen molar-refractivity contribution in [2.45, 2.75) is 24.9 Å². The summed E-state index contributed by atoms with van der Waals surface area (Å²) in [5.74, 6) is 0.149. The number of hydrogen-bond donors (Lipinski definition) is 1. The lowest BCUT2D eigenvalue weighted by Gasteiger charge is -2.39. The molecule has 0 saturated heterocycles. The molecule has 1 aromatic heterocycles. The fraction of sp³-hybridized carbons (Fsp3) is 0.556. The first-order chi connectivity index (χ1) is 6.66. The number of halogens is 1. The fourth-order valence-electron chi connectivity index (χ4n) is 1.60. The molecular formula is C9H13FN4. The first-order valence-electron chi connectivity index (χ1n) is 4.63. The molecule has 0 unspecified atom stereocenters. The summed E-state index contributed by atoms with van der Waals surface area (Å²) in [4.78, 5) is 9.76. The molecule has 0 atom stereocenters. The molecule has 1 aromatic rings. The van der Waals surface area contributed by atoms with Crippen LogP contribution in [0.4, 0.5) is 10.3 Å². The minimum atomic E-state index is -0.410. The van der Waals surface area contributed by atoms with Crippen molar-refractivity contribution in [3.05, 3.63) is 18.2 Å². The van der Waals surface area contributed by atoms with Gasteiger partial charge in [0.05, 0.1) is 12.4 Å². The van der Waals surface area contributed by atoms with Crippen molar-refractivity contribution in [2.24, 2.45) is 5.73 Å². The summed E-state index contributed by atoms with van der Waals surface area (Å²) in [6, 6.07) is 0.693. The van der Waals surface area contributed by atoms with Crippen molar-refractivity contribution in [3.8, 4) is 0 Å². The van der Waals surface area contributed by atoms with Gasteiger partial charge in [-0.2, -0.15) is 0 Å². The molecule has 1 heterocycles. The molecule has 0 aliphatic heterocycles. The lowest BCUT2D eigenvalue weighted by molar-refractivity contribution is 0.337. The standard InChI is InChI=1S/C9H13FN4/c1-14(8-2-7(11)3-8)9-12-4-6(10)5-13-9/h4-5,7-8H,2-3,11H2,1H3. The van der Waals surface area contributed by atoms with Gasteiger partial charge in [-0.1, -0.05) is 0 Å². The van der Waals surface area contributed by atoms with Crippen LogP contribution in [-0.4, -0.2) is 29.1 Å². The largest absolute Gasteiger partial charge is 0.341 e. The Hall–Kier alpha value is -1.23. The molecule has 1 aliphatic carbocycles. The van der Waals surface area contributed by atoms with E-state index in [2.05, 4.69) is 9.97 Å². The summed E-state index contributed by atoms with van der Waals surface area (Å²) in [5, 5.41) is 0. The van der Waals surface area contributed by atoms with Crippen LogP contribution in [0.2, 0.25) is 0 Å². The molecule has 0 spiro atoms. The third kappa shape index (κ3) is 1.68. The summed E-state index contributed by atoms with van der Waals surface area (Å²) in [5.41, 5.74) is 5.68. The van der Waals surface area contributed by atoms with E-state index in [4.69, 9.17) is 5.73 Å². The molecule has 1 aliphatic rings. The monoisotopic (exact) mass is 196 g/mol. The zero-order valence-electron chi connectivity index (χ0n) is 8.02. The van der Waals surface area contributed by atoms with E-state index in [0.717, 1.165) is 12.8 Å². The van der Waals surface area contributed by atoms with E-state index in [0.29, 0.717) is 18.0 Å². The second-order valence-corrected chi connectivity index (χ2v) is 3.70. The molecule has 14 heavy (non-hydrogen) atoms. The molecular weight excluding hydrogens is 183 g/mol. The van der Waals surface area contributed by atoms with Crippen LogP contribution in [0, 0.1) is 5.82 Å². The normalized spacial score (nSPS) is 25.6. The van der Waals surface area contributed by atoms with E-state index in [-0.39, 0.29) is 0 Å². The fourth-order valence-corrected chi connectivity index (χ4v) is 1.60. The smallest absolute Gasteiger partial charge is 0.225 e. The Morgan fingerprint density at radius 3 is 2.50 bits per heavy atom. The van der Waals surface area contributed by atoms with Crippen molar-refractivity contribution < 1.29 is 4.39 Å². The number of anilines is 1. The van der Waals surface area contributed by atoms with E-state index in [1.165, 1.54) is 12.4 Å². The van der Waals surface area contributed by atoms with Crippen LogP contribution in [0.5, 0.6) is 0 Å². The first-order valence-corrected chi connectivity index (χ1v) is 4.63. The van der Waals surface area contributed by atoms with Gasteiger partial charge >= 0.3 is 0 Å². The van der Waals surface area contributed by atoms with Crippen LogP contribution < -0.4 is 10.6 Å². The Morgan fingerprint density at radius 2 is 2.00 bits per heavy atom. The average molecular weight is 196 g/mol. The second-order valence-electron chi connectivity index (χ2n) is 3.70. The predicted octanol–water partition coefficient (Wildman–Crippen LogP) is 0.542. The summed E-state index contributed by atoms with van der Waals surface area (Å²) in [6.07, 6.45) is 4.27. The highest BCUT2D eigenvalue weighted by Crippen LogP contribution is 2.25. The quantitative estimate of drug-likeness (QED) is 0.750. The molecule has 0 radical (unpaired) electrons. The minimum Gasteiger partial charge on any atom is -0.341 e. The maximum absolute atomic E-state index is 12.5. The summed E-state index contributed by atoms with van der Waals surface area (Å²) < 4.78 is 12.5. The van der Waals surface area contributed by atoms with Gasteiger partial charge in [-0.25, -0.2) is 14.4 Å². The van der Waals surface area contributed by atoms with Gasteiger partial charge in [-0.3, -0.25) is 0 Å². The van der Waals surface area contributed by atoms with Gasteiger partial charge in [0.25, 0.3) is 0 Å². The third-order valence-electron chi connectivity index (χ3n) is 2.62. The highest BCUT2D eigenvalue weighted by molar-refractivity contribution is 5.30. The van der Waals surface area contributed by atoms with Gasteiger partial charge in [-0.05, 0) is 12.8 Å². The first kappa shape index (κ1) is 9.33. The Bertz CT molecular complexity index is 307.